The van der Waals surface area contributed by atoms with E-state index in [-0.39, 0.29) is 24.3 Å². The zero-order valence-electron chi connectivity index (χ0n) is 17.9. The van der Waals surface area contributed by atoms with Crippen LogP contribution in [0, 0.1) is 0 Å². The van der Waals surface area contributed by atoms with E-state index in [1.54, 1.807) is 12.1 Å². The van der Waals surface area contributed by atoms with Crippen LogP contribution in [-0.4, -0.2) is 28.3 Å². The van der Waals surface area contributed by atoms with Crippen LogP contribution in [0.15, 0.2) is 88.7 Å². The lowest BCUT2D eigenvalue weighted by atomic mass is 9.96. The third kappa shape index (κ3) is 4.44. The number of aliphatic hydroxyl groups is 1. The van der Waals surface area contributed by atoms with Crippen molar-refractivity contribution in [3.8, 4) is 5.75 Å². The number of ketones is 1. The number of ether oxygens (including phenoxy) is 1. The Morgan fingerprint density at radius 3 is 2.44 bits per heavy atom. The molecule has 0 spiro atoms. The summed E-state index contributed by atoms with van der Waals surface area (Å²) in [6.45, 7) is 2.70. The van der Waals surface area contributed by atoms with Crippen molar-refractivity contribution in [1.82, 2.24) is 4.90 Å². The lowest BCUT2D eigenvalue weighted by Crippen LogP contribution is -2.30. The summed E-state index contributed by atoms with van der Waals surface area (Å²) < 4.78 is 11.0. The van der Waals surface area contributed by atoms with Crippen molar-refractivity contribution in [2.75, 3.05) is 6.61 Å². The van der Waals surface area contributed by atoms with Gasteiger partial charge in [0.05, 0.1) is 18.4 Å². The molecule has 6 heteroatoms. The van der Waals surface area contributed by atoms with Gasteiger partial charge in [0.15, 0.2) is 11.5 Å². The molecule has 0 saturated carbocycles. The number of benzene rings is 2. The fourth-order valence-electron chi connectivity index (χ4n) is 3.94. The number of rotatable bonds is 9. The molecular weight excluding hydrogens is 406 g/mol. The van der Waals surface area contributed by atoms with E-state index in [0.29, 0.717) is 18.8 Å². The highest BCUT2D eigenvalue weighted by atomic mass is 16.5. The molecule has 0 fully saturated rings. The average molecular weight is 431 g/mol. The molecule has 32 heavy (non-hydrogen) atoms. The van der Waals surface area contributed by atoms with Gasteiger partial charge in [0, 0.05) is 13.0 Å². The molecule has 0 bridgehead atoms. The lowest BCUT2D eigenvalue weighted by Gasteiger charge is -2.25. The summed E-state index contributed by atoms with van der Waals surface area (Å²) >= 11 is 0. The van der Waals surface area contributed by atoms with Crippen LogP contribution in [0.1, 0.15) is 36.3 Å². The minimum absolute atomic E-state index is 0.0896. The predicted octanol–water partition coefficient (Wildman–Crippen LogP) is 4.78. The van der Waals surface area contributed by atoms with Crippen molar-refractivity contribution in [3.63, 3.8) is 0 Å². The van der Waals surface area contributed by atoms with E-state index in [9.17, 15) is 14.7 Å². The quantitative estimate of drug-likeness (QED) is 0.528. The molecule has 0 saturated heterocycles. The number of nitrogens with zero attached hydrogens (tertiary/aromatic N) is 1. The fourth-order valence-corrected chi connectivity index (χ4v) is 3.94. The van der Waals surface area contributed by atoms with Gasteiger partial charge in [-0.15, -0.1) is 0 Å². The van der Waals surface area contributed by atoms with Crippen LogP contribution >= 0.6 is 0 Å². The van der Waals surface area contributed by atoms with Gasteiger partial charge in [0.2, 0.25) is 0 Å². The van der Waals surface area contributed by atoms with Crippen molar-refractivity contribution in [2.24, 2.45) is 0 Å². The Balaban J connectivity index is 1.58. The summed E-state index contributed by atoms with van der Waals surface area (Å²) in [5.74, 6) is -0.172. The van der Waals surface area contributed by atoms with Gasteiger partial charge in [-0.3, -0.25) is 9.59 Å². The number of furan rings is 1. The molecule has 1 aliphatic heterocycles. The van der Waals surface area contributed by atoms with E-state index in [0.717, 1.165) is 16.9 Å². The van der Waals surface area contributed by atoms with Crippen LogP contribution in [0.4, 0.5) is 0 Å². The van der Waals surface area contributed by atoms with Crippen LogP contribution in [0.3, 0.4) is 0 Å². The zero-order chi connectivity index (χ0) is 22.5. The van der Waals surface area contributed by atoms with Crippen LogP contribution in [0.2, 0.25) is 0 Å². The van der Waals surface area contributed by atoms with Gasteiger partial charge in [-0.1, -0.05) is 42.5 Å². The number of Topliss-reactive ketones (excluding diaryl/α,β-unsaturated/α-hetero) is 1. The van der Waals surface area contributed by atoms with Crippen molar-refractivity contribution >= 4 is 11.7 Å². The Hall–Kier alpha value is -3.80. The SMILES string of the molecule is CCOc1ccc(CN2C(=O)C(O)=C(C(=O)CCc3ccccc3)C2c2ccco2)cc1. The Labute approximate surface area is 186 Å². The Morgan fingerprint density at radius 1 is 1.03 bits per heavy atom. The maximum atomic E-state index is 13.1. The third-order valence-corrected chi connectivity index (χ3v) is 5.49. The molecule has 1 unspecified atom stereocenters. The molecule has 0 radical (unpaired) electrons. The monoisotopic (exact) mass is 431 g/mol. The molecule has 1 aliphatic rings. The van der Waals surface area contributed by atoms with Gasteiger partial charge in [-0.2, -0.15) is 0 Å². The van der Waals surface area contributed by atoms with Gasteiger partial charge in [-0.05, 0) is 48.7 Å². The van der Waals surface area contributed by atoms with Crippen molar-refractivity contribution in [2.45, 2.75) is 32.4 Å². The maximum Gasteiger partial charge on any atom is 0.290 e. The molecule has 1 aromatic heterocycles. The zero-order valence-corrected chi connectivity index (χ0v) is 17.9. The van der Waals surface area contributed by atoms with Gasteiger partial charge < -0.3 is 19.2 Å². The highest BCUT2D eigenvalue weighted by molar-refractivity contribution is 6.08. The average Bonchev–Trinajstić information content (AvgIpc) is 3.42. The molecule has 2 aromatic carbocycles. The standard InChI is InChI=1S/C26H25NO5/c1-2-31-20-13-10-19(11-14-20)17-27-24(22-9-6-16-32-22)23(25(29)26(27)30)21(28)15-12-18-7-4-3-5-8-18/h3-11,13-14,16,24,29H,2,12,15,17H2,1H3. The van der Waals surface area contributed by atoms with Crippen LogP contribution in [-0.2, 0) is 22.6 Å². The molecular formula is C26H25NO5. The van der Waals surface area contributed by atoms with Crippen molar-refractivity contribution in [1.29, 1.82) is 0 Å². The molecule has 4 rings (SSSR count). The van der Waals surface area contributed by atoms with Gasteiger partial charge in [0.1, 0.15) is 17.6 Å². The first-order valence-electron chi connectivity index (χ1n) is 10.6. The van der Waals surface area contributed by atoms with E-state index >= 15 is 0 Å². The molecule has 0 aliphatic carbocycles. The Morgan fingerprint density at radius 2 is 1.78 bits per heavy atom. The first-order chi connectivity index (χ1) is 15.6. The van der Waals surface area contributed by atoms with E-state index in [1.807, 2.05) is 61.5 Å². The summed E-state index contributed by atoms with van der Waals surface area (Å²) in [6.07, 6.45) is 2.20. The molecule has 6 nitrogen and oxygen atoms in total. The highest BCUT2D eigenvalue weighted by Gasteiger charge is 2.44. The number of carbonyl (C=O) groups excluding carboxylic acids is 2. The summed E-state index contributed by atoms with van der Waals surface area (Å²) in [4.78, 5) is 27.6. The first-order valence-corrected chi connectivity index (χ1v) is 10.6. The molecule has 1 N–H and O–H groups in total. The van der Waals surface area contributed by atoms with Gasteiger partial charge in [-0.25, -0.2) is 0 Å². The van der Waals surface area contributed by atoms with E-state index < -0.39 is 17.7 Å². The minimum Gasteiger partial charge on any atom is -0.503 e. The molecule has 1 amide bonds. The van der Waals surface area contributed by atoms with E-state index in [4.69, 9.17) is 9.15 Å². The summed E-state index contributed by atoms with van der Waals surface area (Å²) in [5.41, 5.74) is 1.96. The van der Waals surface area contributed by atoms with E-state index in [2.05, 4.69) is 0 Å². The maximum absolute atomic E-state index is 13.1. The normalized spacial score (nSPS) is 16.0. The van der Waals surface area contributed by atoms with Crippen molar-refractivity contribution < 1.29 is 23.8 Å². The molecule has 2 heterocycles. The first kappa shape index (κ1) is 21.4. The lowest BCUT2D eigenvalue weighted by molar-refractivity contribution is -0.130. The predicted molar refractivity (Wildman–Crippen MR) is 119 cm³/mol. The fraction of sp³-hybridized carbons (Fsp3) is 0.231. The Bertz CT molecular complexity index is 1100. The smallest absolute Gasteiger partial charge is 0.290 e. The third-order valence-electron chi connectivity index (χ3n) is 5.49. The summed E-state index contributed by atoms with van der Waals surface area (Å²) in [5, 5.41) is 10.7. The van der Waals surface area contributed by atoms with E-state index in [1.165, 1.54) is 11.2 Å². The topological polar surface area (TPSA) is 80.0 Å². The highest BCUT2D eigenvalue weighted by Crippen LogP contribution is 2.39. The summed E-state index contributed by atoms with van der Waals surface area (Å²) in [6, 6.07) is 19.7. The van der Waals surface area contributed by atoms with Crippen LogP contribution in [0.5, 0.6) is 5.75 Å². The second-order valence-corrected chi connectivity index (χ2v) is 7.60. The number of amides is 1. The summed E-state index contributed by atoms with van der Waals surface area (Å²) in [7, 11) is 0. The second kappa shape index (κ2) is 9.56. The number of hydrogen-bond donors (Lipinski definition) is 1. The van der Waals surface area contributed by atoms with Crippen LogP contribution in [0.25, 0.3) is 0 Å². The number of hydrogen-bond acceptors (Lipinski definition) is 5. The largest absolute Gasteiger partial charge is 0.503 e. The van der Waals surface area contributed by atoms with Crippen LogP contribution < -0.4 is 4.74 Å². The molecule has 3 aromatic rings. The number of aryl methyl sites for hydroxylation is 1. The number of carbonyl (C=O) groups is 2. The molecule has 1 atom stereocenters. The van der Waals surface area contributed by atoms with Crippen molar-refractivity contribution in [3.05, 3.63) is 101 Å². The number of aliphatic hydroxyl groups excluding tert-OH is 1. The Kier molecular flexibility index (Phi) is 6.40. The molecule has 164 valence electrons. The minimum atomic E-state index is -0.771. The second-order valence-electron chi connectivity index (χ2n) is 7.60. The van der Waals surface area contributed by atoms with Gasteiger partial charge >= 0.3 is 0 Å². The van der Waals surface area contributed by atoms with Gasteiger partial charge in [0.25, 0.3) is 5.91 Å².